The van der Waals surface area contributed by atoms with E-state index in [-0.39, 0.29) is 18.4 Å². The van der Waals surface area contributed by atoms with Crippen molar-refractivity contribution in [3.63, 3.8) is 0 Å². The Hall–Kier alpha value is -1.56. The summed E-state index contributed by atoms with van der Waals surface area (Å²) < 4.78 is 6.13. The highest BCUT2D eigenvalue weighted by molar-refractivity contribution is 5.32. The number of fused-ring (bicyclic) bond motifs is 5. The largest absolute Gasteiger partial charge is 0.385 e. The summed E-state index contributed by atoms with van der Waals surface area (Å²) in [5.41, 5.74) is -1.28. The Morgan fingerprint density at radius 1 is 1.18 bits per heavy atom. The number of hydrogen-bond donors (Lipinski definition) is 1. The fourth-order valence-electron chi connectivity index (χ4n) is 4.92. The minimum absolute atomic E-state index is 0.156. The molecule has 0 amide bonds. The molecule has 116 valence electrons. The van der Waals surface area contributed by atoms with Crippen molar-refractivity contribution < 1.29 is 9.84 Å². The van der Waals surface area contributed by atoms with Gasteiger partial charge < -0.3 is 9.84 Å². The maximum absolute atomic E-state index is 11.2. The van der Waals surface area contributed by atoms with E-state index in [0.717, 1.165) is 6.42 Å². The van der Waals surface area contributed by atoms with Crippen LogP contribution in [0, 0.1) is 36.0 Å². The van der Waals surface area contributed by atoms with Gasteiger partial charge in [-0.2, -0.15) is 0 Å². The lowest BCUT2D eigenvalue weighted by molar-refractivity contribution is -0.112. The molecule has 3 aliphatic rings. The average molecular weight is 296 g/mol. The van der Waals surface area contributed by atoms with Gasteiger partial charge >= 0.3 is 0 Å². The van der Waals surface area contributed by atoms with E-state index < -0.39 is 11.2 Å². The molecule has 0 aromatic heterocycles. The molecular formula is C20H24O2. The first-order valence-electron chi connectivity index (χ1n) is 8.00. The third kappa shape index (κ3) is 2.12. The minimum Gasteiger partial charge on any atom is -0.385 e. The third-order valence-electron chi connectivity index (χ3n) is 5.61. The summed E-state index contributed by atoms with van der Waals surface area (Å²) in [6.07, 6.45) is 20.0. The summed E-state index contributed by atoms with van der Waals surface area (Å²) in [5, 5.41) is 11.2. The van der Waals surface area contributed by atoms with E-state index in [0.29, 0.717) is 24.7 Å². The molecule has 0 radical (unpaired) electrons. The van der Waals surface area contributed by atoms with Crippen LogP contribution < -0.4 is 0 Å². The Labute approximate surface area is 133 Å². The Kier molecular flexibility index (Phi) is 3.89. The van der Waals surface area contributed by atoms with Crippen LogP contribution in [0.25, 0.3) is 0 Å². The van der Waals surface area contributed by atoms with Crippen LogP contribution in [-0.4, -0.2) is 22.9 Å². The number of terminal acetylenes is 1. The van der Waals surface area contributed by atoms with E-state index in [9.17, 15) is 5.11 Å². The van der Waals surface area contributed by atoms with Crippen LogP contribution in [0.15, 0.2) is 49.6 Å². The Morgan fingerprint density at radius 2 is 1.86 bits per heavy atom. The zero-order valence-electron chi connectivity index (χ0n) is 12.9. The SMILES string of the molecule is C#CCO[C@@]1(CC=C)C=C[C@](O)(CC=C)[C@@H]2[C@H]1[C@@H]1C=C[C@H]2C1. The van der Waals surface area contributed by atoms with Crippen LogP contribution in [0.1, 0.15) is 19.3 Å². The fraction of sp³-hybridized carbons (Fsp3) is 0.500. The zero-order chi connectivity index (χ0) is 15.8. The van der Waals surface area contributed by atoms with Gasteiger partial charge in [-0.05, 0) is 31.1 Å². The summed E-state index contributed by atoms with van der Waals surface area (Å²) in [6, 6.07) is 0. The van der Waals surface area contributed by atoms with E-state index in [4.69, 9.17) is 11.2 Å². The standard InChI is InChI=1S/C20H24O2/c1-4-9-19(21)11-12-20(10-5-2,22-13-6-3)18-16-8-7-15(14-16)17(18)19/h3-5,7-8,11-12,15-18,21H,1-2,9-10,13-14H2/t15-,16+,17-,18+,19+,20-/m0/s1. The molecule has 2 bridgehead atoms. The quantitative estimate of drug-likeness (QED) is 0.602. The summed E-state index contributed by atoms with van der Waals surface area (Å²) in [4.78, 5) is 0. The van der Waals surface area contributed by atoms with E-state index in [1.165, 1.54) is 0 Å². The van der Waals surface area contributed by atoms with Gasteiger partial charge in [0, 0.05) is 11.8 Å². The lowest BCUT2D eigenvalue weighted by Crippen LogP contribution is -2.55. The number of hydrogen-bond acceptors (Lipinski definition) is 2. The molecule has 1 N–H and O–H groups in total. The maximum Gasteiger partial charge on any atom is 0.108 e. The van der Waals surface area contributed by atoms with Crippen molar-refractivity contribution in [3.8, 4) is 12.3 Å². The predicted octanol–water partition coefficient (Wildman–Crippen LogP) is 3.27. The summed E-state index contributed by atoms with van der Waals surface area (Å²) in [6.45, 7) is 7.99. The van der Waals surface area contributed by atoms with Crippen LogP contribution in [0.4, 0.5) is 0 Å². The molecule has 1 saturated carbocycles. The molecule has 22 heavy (non-hydrogen) atoms. The molecule has 2 nitrogen and oxygen atoms in total. The van der Waals surface area contributed by atoms with E-state index >= 15 is 0 Å². The molecule has 0 saturated heterocycles. The maximum atomic E-state index is 11.2. The van der Waals surface area contributed by atoms with Gasteiger partial charge in [-0.1, -0.05) is 42.4 Å². The van der Waals surface area contributed by atoms with Gasteiger partial charge in [-0.15, -0.1) is 19.6 Å². The first-order valence-corrected chi connectivity index (χ1v) is 8.00. The molecule has 0 aromatic carbocycles. The van der Waals surface area contributed by atoms with Crippen molar-refractivity contribution in [1.82, 2.24) is 0 Å². The van der Waals surface area contributed by atoms with Crippen molar-refractivity contribution in [1.29, 1.82) is 0 Å². The van der Waals surface area contributed by atoms with Crippen LogP contribution >= 0.6 is 0 Å². The Bertz CT molecular complexity index is 567. The van der Waals surface area contributed by atoms with Crippen LogP contribution in [-0.2, 0) is 4.74 Å². The molecule has 1 fully saturated rings. The van der Waals surface area contributed by atoms with Crippen molar-refractivity contribution in [2.24, 2.45) is 23.7 Å². The van der Waals surface area contributed by atoms with E-state index in [1.54, 1.807) is 6.08 Å². The highest BCUT2D eigenvalue weighted by Crippen LogP contribution is 2.60. The second kappa shape index (κ2) is 5.57. The molecule has 0 aromatic rings. The summed E-state index contributed by atoms with van der Waals surface area (Å²) >= 11 is 0. The predicted molar refractivity (Wildman–Crippen MR) is 89.0 cm³/mol. The van der Waals surface area contributed by atoms with Gasteiger partial charge in [0.25, 0.3) is 0 Å². The molecule has 0 spiro atoms. The van der Waals surface area contributed by atoms with Crippen molar-refractivity contribution in [2.75, 3.05) is 6.61 Å². The van der Waals surface area contributed by atoms with Crippen LogP contribution in [0.5, 0.6) is 0 Å². The molecule has 3 rings (SSSR count). The molecule has 0 heterocycles. The molecular weight excluding hydrogens is 272 g/mol. The first-order chi connectivity index (χ1) is 10.6. The Morgan fingerprint density at radius 3 is 2.50 bits per heavy atom. The number of aliphatic hydroxyl groups is 1. The number of rotatable bonds is 6. The minimum atomic E-state index is -0.833. The van der Waals surface area contributed by atoms with Gasteiger partial charge in [0.1, 0.15) is 6.61 Å². The smallest absolute Gasteiger partial charge is 0.108 e. The summed E-state index contributed by atoms with van der Waals surface area (Å²) in [7, 11) is 0. The van der Waals surface area contributed by atoms with Gasteiger partial charge in [0.2, 0.25) is 0 Å². The van der Waals surface area contributed by atoms with E-state index in [2.05, 4.69) is 31.2 Å². The topological polar surface area (TPSA) is 29.5 Å². The lowest BCUT2D eigenvalue weighted by Gasteiger charge is -2.51. The normalized spacial score (nSPS) is 44.5. The Balaban J connectivity index is 2.05. The third-order valence-corrected chi connectivity index (χ3v) is 5.61. The monoisotopic (exact) mass is 296 g/mol. The molecule has 0 unspecified atom stereocenters. The molecule has 3 aliphatic carbocycles. The van der Waals surface area contributed by atoms with E-state index in [1.807, 2.05) is 18.2 Å². The zero-order valence-corrected chi connectivity index (χ0v) is 12.9. The van der Waals surface area contributed by atoms with Gasteiger partial charge in [-0.3, -0.25) is 0 Å². The number of allylic oxidation sites excluding steroid dienone is 2. The highest BCUT2D eigenvalue weighted by Gasteiger charge is 2.61. The van der Waals surface area contributed by atoms with Crippen LogP contribution in [0.3, 0.4) is 0 Å². The average Bonchev–Trinajstić information content (AvgIpc) is 3.12. The first kappa shape index (κ1) is 15.3. The summed E-state index contributed by atoms with van der Waals surface area (Å²) in [5.74, 6) is 3.82. The molecule has 6 atom stereocenters. The molecule has 2 heteroatoms. The number of ether oxygens (including phenoxy) is 1. The van der Waals surface area contributed by atoms with Gasteiger partial charge in [0.05, 0.1) is 11.2 Å². The van der Waals surface area contributed by atoms with Gasteiger partial charge in [0.15, 0.2) is 0 Å². The molecule has 0 aliphatic heterocycles. The van der Waals surface area contributed by atoms with Crippen molar-refractivity contribution in [3.05, 3.63) is 49.6 Å². The lowest BCUT2D eigenvalue weighted by atomic mass is 9.60. The van der Waals surface area contributed by atoms with Crippen molar-refractivity contribution >= 4 is 0 Å². The van der Waals surface area contributed by atoms with Crippen LogP contribution in [0.2, 0.25) is 0 Å². The van der Waals surface area contributed by atoms with Crippen molar-refractivity contribution in [2.45, 2.75) is 30.5 Å². The second-order valence-corrected chi connectivity index (χ2v) is 6.76. The highest BCUT2D eigenvalue weighted by atomic mass is 16.5. The fourth-order valence-corrected chi connectivity index (χ4v) is 4.92. The van der Waals surface area contributed by atoms with Gasteiger partial charge in [-0.25, -0.2) is 0 Å². The second-order valence-electron chi connectivity index (χ2n) is 6.76.